The van der Waals surface area contributed by atoms with Crippen LogP contribution in [0.3, 0.4) is 0 Å². The smallest absolute Gasteiger partial charge is 0.295 e. The van der Waals surface area contributed by atoms with E-state index in [9.17, 15) is 14.4 Å². The maximum Gasteiger partial charge on any atom is 0.295 e. The molecule has 1 N–H and O–H groups in total. The number of nitrogens with zero attached hydrogens (tertiary/aromatic N) is 1. The number of hydrogen-bond acceptors (Lipinski definition) is 6. The lowest BCUT2D eigenvalue weighted by Crippen LogP contribution is -2.44. The van der Waals surface area contributed by atoms with Crippen molar-refractivity contribution in [2.45, 2.75) is 12.8 Å². The fourth-order valence-corrected chi connectivity index (χ4v) is 4.03. The molecule has 1 aromatic carbocycles. The van der Waals surface area contributed by atoms with Gasteiger partial charge < -0.3 is 19.7 Å². The summed E-state index contributed by atoms with van der Waals surface area (Å²) in [5, 5.41) is 4.73. The summed E-state index contributed by atoms with van der Waals surface area (Å²) in [6, 6.07) is 8.55. The minimum Gasteiger partial charge on any atom is -0.454 e. The molecule has 0 unspecified atom stereocenters. The van der Waals surface area contributed by atoms with E-state index in [1.165, 1.54) is 11.3 Å². The Morgan fingerprint density at radius 3 is 2.64 bits per heavy atom. The minimum atomic E-state index is -0.440. The Bertz CT molecular complexity index is 888. The average Bonchev–Trinajstić information content (AvgIpc) is 3.42. The minimum absolute atomic E-state index is 0.162. The molecule has 0 atom stereocenters. The van der Waals surface area contributed by atoms with Gasteiger partial charge in [0.15, 0.2) is 11.5 Å². The number of thiophene rings is 1. The Balaban J connectivity index is 1.25. The highest BCUT2D eigenvalue weighted by atomic mass is 32.1. The Labute approximate surface area is 166 Å². The first kappa shape index (κ1) is 18.5. The molecule has 0 bridgehead atoms. The third-order valence-electron chi connectivity index (χ3n) is 5.03. The van der Waals surface area contributed by atoms with Crippen molar-refractivity contribution in [3.8, 4) is 11.5 Å². The number of benzene rings is 1. The SMILES string of the molecule is O=C(NCC1CCN(C(=O)C(=O)c2cccs2)CC1)c1ccc2c(c1)OCO2. The monoisotopic (exact) mass is 400 g/mol. The molecule has 2 aliphatic rings. The number of rotatable bonds is 5. The summed E-state index contributed by atoms with van der Waals surface area (Å²) in [6.45, 7) is 1.77. The van der Waals surface area contributed by atoms with E-state index in [1.807, 2.05) is 0 Å². The van der Waals surface area contributed by atoms with Crippen LogP contribution in [0.4, 0.5) is 0 Å². The third-order valence-corrected chi connectivity index (χ3v) is 5.90. The van der Waals surface area contributed by atoms with Crippen LogP contribution in [-0.2, 0) is 4.79 Å². The van der Waals surface area contributed by atoms with Gasteiger partial charge in [-0.05, 0) is 48.4 Å². The molecule has 7 nitrogen and oxygen atoms in total. The number of carbonyl (C=O) groups excluding carboxylic acids is 3. The van der Waals surface area contributed by atoms with Crippen molar-refractivity contribution in [3.63, 3.8) is 0 Å². The molecule has 0 radical (unpaired) electrons. The van der Waals surface area contributed by atoms with Gasteiger partial charge in [-0.15, -0.1) is 11.3 Å². The predicted octanol–water partition coefficient (Wildman–Crippen LogP) is 2.33. The molecule has 2 aromatic rings. The van der Waals surface area contributed by atoms with Gasteiger partial charge in [-0.2, -0.15) is 0 Å². The molecule has 2 amide bonds. The fourth-order valence-electron chi connectivity index (χ4n) is 3.37. The van der Waals surface area contributed by atoms with Crippen LogP contribution in [0.5, 0.6) is 11.5 Å². The van der Waals surface area contributed by atoms with Crippen molar-refractivity contribution in [3.05, 3.63) is 46.2 Å². The summed E-state index contributed by atoms with van der Waals surface area (Å²) in [5.41, 5.74) is 0.526. The van der Waals surface area contributed by atoms with Crippen molar-refractivity contribution in [1.82, 2.24) is 10.2 Å². The van der Waals surface area contributed by atoms with Gasteiger partial charge in [0.25, 0.3) is 17.6 Å². The zero-order valence-corrected chi connectivity index (χ0v) is 16.0. The highest BCUT2D eigenvalue weighted by molar-refractivity contribution is 7.13. The van der Waals surface area contributed by atoms with Crippen molar-refractivity contribution < 1.29 is 23.9 Å². The van der Waals surface area contributed by atoms with E-state index in [0.29, 0.717) is 41.6 Å². The zero-order chi connectivity index (χ0) is 19.5. The van der Waals surface area contributed by atoms with E-state index >= 15 is 0 Å². The van der Waals surface area contributed by atoms with Crippen LogP contribution in [-0.4, -0.2) is 48.9 Å². The average molecular weight is 400 g/mol. The molecule has 28 heavy (non-hydrogen) atoms. The number of ketones is 1. The number of piperidine rings is 1. The van der Waals surface area contributed by atoms with Gasteiger partial charge in [-0.25, -0.2) is 0 Å². The lowest BCUT2D eigenvalue weighted by molar-refractivity contribution is -0.127. The first-order valence-corrected chi connectivity index (χ1v) is 10.0. The van der Waals surface area contributed by atoms with Crippen LogP contribution < -0.4 is 14.8 Å². The Morgan fingerprint density at radius 1 is 1.11 bits per heavy atom. The lowest BCUT2D eigenvalue weighted by atomic mass is 9.96. The molecule has 0 saturated carbocycles. The summed E-state index contributed by atoms with van der Waals surface area (Å²) in [7, 11) is 0. The zero-order valence-electron chi connectivity index (χ0n) is 15.2. The van der Waals surface area contributed by atoms with Crippen molar-refractivity contribution in [2.75, 3.05) is 26.4 Å². The van der Waals surface area contributed by atoms with Crippen LogP contribution in [0.25, 0.3) is 0 Å². The second-order valence-electron chi connectivity index (χ2n) is 6.82. The number of fused-ring (bicyclic) bond motifs is 1. The van der Waals surface area contributed by atoms with Gasteiger partial charge in [-0.3, -0.25) is 14.4 Å². The molecule has 0 spiro atoms. The molecule has 3 heterocycles. The maximum atomic E-state index is 12.4. The highest BCUT2D eigenvalue weighted by Crippen LogP contribution is 2.32. The second-order valence-corrected chi connectivity index (χ2v) is 7.77. The van der Waals surface area contributed by atoms with E-state index in [-0.39, 0.29) is 18.6 Å². The molecule has 1 saturated heterocycles. The summed E-state index contributed by atoms with van der Waals surface area (Å²) < 4.78 is 10.5. The third kappa shape index (κ3) is 3.87. The van der Waals surface area contributed by atoms with Gasteiger partial charge in [0.2, 0.25) is 6.79 Å². The molecule has 0 aliphatic carbocycles. The van der Waals surface area contributed by atoms with Crippen LogP contribution in [0, 0.1) is 5.92 Å². The summed E-state index contributed by atoms with van der Waals surface area (Å²) in [5.74, 6) is 0.457. The van der Waals surface area contributed by atoms with Gasteiger partial charge in [0, 0.05) is 25.2 Å². The molecular weight excluding hydrogens is 380 g/mol. The predicted molar refractivity (Wildman–Crippen MR) is 103 cm³/mol. The van der Waals surface area contributed by atoms with Gasteiger partial charge in [0.1, 0.15) is 0 Å². The molecule has 8 heteroatoms. The molecule has 1 fully saturated rings. The normalized spacial score (nSPS) is 16.1. The number of ether oxygens (including phenoxy) is 2. The standard InChI is InChI=1S/C20H20N2O5S/c23-18(17-2-1-9-28-17)20(25)22-7-5-13(6-8-22)11-21-19(24)14-3-4-15-16(10-14)27-12-26-15/h1-4,9-10,13H,5-8,11-12H2,(H,21,24). The van der Waals surface area contributed by atoms with Crippen molar-refractivity contribution in [2.24, 2.45) is 5.92 Å². The number of likely N-dealkylation sites (tertiary alicyclic amines) is 1. The van der Waals surface area contributed by atoms with E-state index in [0.717, 1.165) is 12.8 Å². The Morgan fingerprint density at radius 2 is 1.89 bits per heavy atom. The number of hydrogen-bond donors (Lipinski definition) is 1. The van der Waals surface area contributed by atoms with E-state index in [1.54, 1.807) is 40.6 Å². The number of carbonyl (C=O) groups is 3. The van der Waals surface area contributed by atoms with Crippen LogP contribution in [0.15, 0.2) is 35.7 Å². The maximum absolute atomic E-state index is 12.4. The van der Waals surface area contributed by atoms with Gasteiger partial charge >= 0.3 is 0 Å². The lowest BCUT2D eigenvalue weighted by Gasteiger charge is -2.31. The first-order chi connectivity index (χ1) is 13.6. The molecule has 146 valence electrons. The van der Waals surface area contributed by atoms with E-state index < -0.39 is 11.7 Å². The Kier molecular flexibility index (Phi) is 5.29. The molecule has 4 rings (SSSR count). The largest absolute Gasteiger partial charge is 0.454 e. The summed E-state index contributed by atoms with van der Waals surface area (Å²) in [4.78, 5) is 39.0. The number of nitrogens with one attached hydrogen (secondary N) is 1. The van der Waals surface area contributed by atoms with Crippen LogP contribution in [0.2, 0.25) is 0 Å². The van der Waals surface area contributed by atoms with Crippen molar-refractivity contribution >= 4 is 28.9 Å². The van der Waals surface area contributed by atoms with E-state index in [4.69, 9.17) is 9.47 Å². The fraction of sp³-hybridized carbons (Fsp3) is 0.350. The van der Waals surface area contributed by atoms with Crippen LogP contribution in [0.1, 0.15) is 32.9 Å². The molecule has 2 aliphatic heterocycles. The highest BCUT2D eigenvalue weighted by Gasteiger charge is 2.28. The van der Waals surface area contributed by atoms with Crippen molar-refractivity contribution in [1.29, 1.82) is 0 Å². The number of Topliss-reactive ketones (excluding diaryl/α,β-unsaturated/α-hetero) is 1. The quantitative estimate of drug-likeness (QED) is 0.615. The van der Waals surface area contributed by atoms with Gasteiger partial charge in [-0.1, -0.05) is 6.07 Å². The summed E-state index contributed by atoms with van der Waals surface area (Å²) in [6.07, 6.45) is 1.51. The first-order valence-electron chi connectivity index (χ1n) is 9.17. The molecular formula is C20H20N2O5S. The second kappa shape index (κ2) is 8.02. The Hall–Kier alpha value is -2.87. The van der Waals surface area contributed by atoms with E-state index in [2.05, 4.69) is 5.32 Å². The summed E-state index contributed by atoms with van der Waals surface area (Å²) >= 11 is 1.28. The van der Waals surface area contributed by atoms with Crippen LogP contribution >= 0.6 is 11.3 Å². The number of amides is 2. The topological polar surface area (TPSA) is 84.9 Å². The molecule has 1 aromatic heterocycles. The van der Waals surface area contributed by atoms with Gasteiger partial charge in [0.05, 0.1) is 4.88 Å².